The Hall–Kier alpha value is -1.40. The first-order valence-electron chi connectivity index (χ1n) is 5.96. The predicted molar refractivity (Wildman–Crippen MR) is 79.3 cm³/mol. The van der Waals surface area contributed by atoms with E-state index in [4.69, 9.17) is 11.6 Å². The SMILES string of the molecule is Cn1cc(Cn2c(CCl)nc3cc(Br)c(F)cc32)cn1. The lowest BCUT2D eigenvalue weighted by Gasteiger charge is -2.06. The summed E-state index contributed by atoms with van der Waals surface area (Å²) in [7, 11) is 1.86. The zero-order valence-electron chi connectivity index (χ0n) is 10.6. The molecule has 0 aliphatic rings. The highest BCUT2D eigenvalue weighted by atomic mass is 79.9. The summed E-state index contributed by atoms with van der Waals surface area (Å²) in [6.45, 7) is 0.563. The molecular weight excluding hydrogens is 347 g/mol. The summed E-state index contributed by atoms with van der Waals surface area (Å²) in [6.07, 6.45) is 3.69. The van der Waals surface area contributed by atoms with Gasteiger partial charge in [-0.1, -0.05) is 0 Å². The number of fused-ring (bicyclic) bond motifs is 1. The Morgan fingerprint density at radius 2 is 2.20 bits per heavy atom. The third kappa shape index (κ3) is 2.33. The van der Waals surface area contributed by atoms with E-state index in [2.05, 4.69) is 26.0 Å². The lowest BCUT2D eigenvalue weighted by molar-refractivity contribution is 0.621. The van der Waals surface area contributed by atoms with Gasteiger partial charge in [0.2, 0.25) is 0 Å². The van der Waals surface area contributed by atoms with Crippen LogP contribution in [0.15, 0.2) is 29.0 Å². The summed E-state index contributed by atoms with van der Waals surface area (Å²) in [5.74, 6) is 0.669. The second-order valence-corrected chi connectivity index (χ2v) is 5.65. The van der Waals surface area contributed by atoms with Gasteiger partial charge < -0.3 is 4.57 Å². The molecule has 104 valence electrons. The lowest BCUT2D eigenvalue weighted by Crippen LogP contribution is -2.03. The van der Waals surface area contributed by atoms with Crippen LogP contribution in [0.4, 0.5) is 4.39 Å². The first-order chi connectivity index (χ1) is 9.58. The molecule has 2 heterocycles. The molecule has 0 bridgehead atoms. The number of aromatic nitrogens is 4. The zero-order chi connectivity index (χ0) is 14.3. The Labute approximate surface area is 128 Å². The Kier molecular flexibility index (Phi) is 3.52. The van der Waals surface area contributed by atoms with Crippen molar-refractivity contribution in [3.05, 3.63) is 46.2 Å². The van der Waals surface area contributed by atoms with Crippen LogP contribution in [-0.4, -0.2) is 19.3 Å². The highest BCUT2D eigenvalue weighted by Crippen LogP contribution is 2.25. The van der Waals surface area contributed by atoms with E-state index in [1.165, 1.54) is 6.07 Å². The third-order valence-electron chi connectivity index (χ3n) is 3.09. The quantitative estimate of drug-likeness (QED) is 0.673. The van der Waals surface area contributed by atoms with Gasteiger partial charge in [-0.2, -0.15) is 5.10 Å². The summed E-state index contributed by atoms with van der Waals surface area (Å²) in [5.41, 5.74) is 2.46. The van der Waals surface area contributed by atoms with Crippen molar-refractivity contribution in [1.29, 1.82) is 0 Å². The fourth-order valence-corrected chi connectivity index (χ4v) is 2.72. The van der Waals surface area contributed by atoms with Gasteiger partial charge in [0.15, 0.2) is 0 Å². The van der Waals surface area contributed by atoms with Gasteiger partial charge in [0.05, 0.1) is 34.1 Å². The minimum Gasteiger partial charge on any atom is -0.322 e. The van der Waals surface area contributed by atoms with Crippen molar-refractivity contribution < 1.29 is 4.39 Å². The van der Waals surface area contributed by atoms with E-state index < -0.39 is 0 Å². The molecule has 0 radical (unpaired) electrons. The van der Waals surface area contributed by atoms with Crippen LogP contribution in [0.1, 0.15) is 11.4 Å². The van der Waals surface area contributed by atoms with E-state index in [-0.39, 0.29) is 11.7 Å². The van der Waals surface area contributed by atoms with Crippen molar-refractivity contribution in [2.75, 3.05) is 0 Å². The van der Waals surface area contributed by atoms with Crippen LogP contribution in [0.25, 0.3) is 11.0 Å². The number of halogens is 3. The van der Waals surface area contributed by atoms with Crippen molar-refractivity contribution in [3.8, 4) is 0 Å². The average molecular weight is 358 g/mol. The number of imidazole rings is 1. The molecule has 0 amide bonds. The molecule has 3 rings (SSSR count). The van der Waals surface area contributed by atoms with Crippen LogP contribution in [0.2, 0.25) is 0 Å². The van der Waals surface area contributed by atoms with Gasteiger partial charge in [0.1, 0.15) is 11.6 Å². The van der Waals surface area contributed by atoms with Crippen LogP contribution in [-0.2, 0) is 19.5 Å². The van der Waals surface area contributed by atoms with Gasteiger partial charge in [-0.3, -0.25) is 4.68 Å². The van der Waals surface area contributed by atoms with E-state index in [9.17, 15) is 4.39 Å². The number of hydrogen-bond acceptors (Lipinski definition) is 2. The van der Waals surface area contributed by atoms with Crippen molar-refractivity contribution >= 4 is 38.6 Å². The van der Waals surface area contributed by atoms with Crippen LogP contribution in [0.3, 0.4) is 0 Å². The molecule has 0 unspecified atom stereocenters. The topological polar surface area (TPSA) is 35.6 Å². The number of hydrogen-bond donors (Lipinski definition) is 0. The van der Waals surface area contributed by atoms with Gasteiger partial charge in [0.25, 0.3) is 0 Å². The molecule has 4 nitrogen and oxygen atoms in total. The molecule has 7 heteroatoms. The summed E-state index contributed by atoms with van der Waals surface area (Å²) in [4.78, 5) is 4.44. The monoisotopic (exact) mass is 356 g/mol. The molecule has 0 aliphatic heterocycles. The molecule has 0 saturated carbocycles. The lowest BCUT2D eigenvalue weighted by atomic mass is 10.3. The van der Waals surface area contributed by atoms with E-state index in [0.717, 1.165) is 16.6 Å². The minimum atomic E-state index is -0.314. The predicted octanol–water partition coefficient (Wildman–Crippen LogP) is 3.46. The average Bonchev–Trinajstić information content (AvgIpc) is 2.96. The number of alkyl halides is 1. The summed E-state index contributed by atoms with van der Waals surface area (Å²) in [6, 6.07) is 3.14. The Morgan fingerprint density at radius 3 is 2.85 bits per heavy atom. The van der Waals surface area contributed by atoms with Crippen molar-refractivity contribution in [2.45, 2.75) is 12.4 Å². The van der Waals surface area contributed by atoms with E-state index in [1.807, 2.05) is 17.8 Å². The van der Waals surface area contributed by atoms with Gasteiger partial charge in [0, 0.05) is 24.9 Å². The van der Waals surface area contributed by atoms with E-state index in [1.54, 1.807) is 16.9 Å². The van der Waals surface area contributed by atoms with Crippen LogP contribution >= 0.6 is 27.5 Å². The van der Waals surface area contributed by atoms with Gasteiger partial charge in [-0.25, -0.2) is 9.37 Å². The van der Waals surface area contributed by atoms with Crippen molar-refractivity contribution in [3.63, 3.8) is 0 Å². The van der Waals surface area contributed by atoms with Crippen molar-refractivity contribution in [1.82, 2.24) is 19.3 Å². The number of rotatable bonds is 3. The molecule has 3 aromatic rings. The van der Waals surface area contributed by atoms with Crippen molar-refractivity contribution in [2.24, 2.45) is 7.05 Å². The van der Waals surface area contributed by atoms with Crippen LogP contribution < -0.4 is 0 Å². The molecule has 20 heavy (non-hydrogen) atoms. The Morgan fingerprint density at radius 1 is 1.40 bits per heavy atom. The van der Waals surface area contributed by atoms with Crippen LogP contribution in [0.5, 0.6) is 0 Å². The zero-order valence-corrected chi connectivity index (χ0v) is 13.0. The summed E-state index contributed by atoms with van der Waals surface area (Å²) >= 11 is 9.12. The Balaban J connectivity index is 2.14. The highest BCUT2D eigenvalue weighted by molar-refractivity contribution is 9.10. The van der Waals surface area contributed by atoms with Crippen LogP contribution in [0, 0.1) is 5.82 Å². The normalized spacial score (nSPS) is 11.4. The number of benzene rings is 1. The molecule has 0 atom stereocenters. The second kappa shape index (κ2) is 5.18. The maximum absolute atomic E-state index is 13.7. The molecule has 1 aromatic carbocycles. The van der Waals surface area contributed by atoms with E-state index >= 15 is 0 Å². The van der Waals surface area contributed by atoms with Gasteiger partial charge in [-0.15, -0.1) is 11.6 Å². The third-order valence-corrected chi connectivity index (χ3v) is 3.93. The minimum absolute atomic E-state index is 0.272. The van der Waals surface area contributed by atoms with E-state index in [0.29, 0.717) is 16.8 Å². The molecule has 2 aromatic heterocycles. The second-order valence-electron chi connectivity index (χ2n) is 4.53. The fraction of sp³-hybridized carbons (Fsp3) is 0.231. The smallest absolute Gasteiger partial charge is 0.139 e. The largest absolute Gasteiger partial charge is 0.322 e. The summed E-state index contributed by atoms with van der Waals surface area (Å²) in [5, 5.41) is 4.13. The molecule has 0 spiro atoms. The molecule has 0 saturated heterocycles. The standard InChI is InChI=1S/C13H11BrClFN4/c1-19-6-8(5-17-19)7-20-12-3-10(16)9(14)2-11(12)18-13(20)4-15/h2-3,5-6H,4,7H2,1H3. The van der Waals surface area contributed by atoms with Gasteiger partial charge >= 0.3 is 0 Å². The molecule has 0 N–H and O–H groups in total. The molecule has 0 aliphatic carbocycles. The first-order valence-corrected chi connectivity index (χ1v) is 7.29. The molecule has 0 fully saturated rings. The maximum Gasteiger partial charge on any atom is 0.139 e. The number of nitrogens with zero attached hydrogens (tertiary/aromatic N) is 4. The Bertz CT molecular complexity index is 780. The fourth-order valence-electron chi connectivity index (χ4n) is 2.18. The highest BCUT2D eigenvalue weighted by Gasteiger charge is 2.13. The van der Waals surface area contributed by atoms with Gasteiger partial charge in [-0.05, 0) is 22.0 Å². The molecular formula is C13H11BrClFN4. The number of aryl methyl sites for hydroxylation is 1. The maximum atomic E-state index is 13.7. The first kappa shape index (κ1) is 13.6. The summed E-state index contributed by atoms with van der Waals surface area (Å²) < 4.78 is 17.8.